The maximum Gasteiger partial charge on any atom is 0.228 e. The number of amides is 1. The van der Waals surface area contributed by atoms with Crippen LogP contribution < -0.4 is 10.2 Å². The van der Waals surface area contributed by atoms with Gasteiger partial charge in [-0.3, -0.25) is 4.79 Å². The molecule has 1 saturated heterocycles. The van der Waals surface area contributed by atoms with E-state index in [-0.39, 0.29) is 11.8 Å². The van der Waals surface area contributed by atoms with Crippen LogP contribution in [-0.2, 0) is 4.79 Å². The topological polar surface area (TPSA) is 84.2 Å². The minimum atomic E-state index is -0.00337. The molecule has 3 heterocycles. The third kappa shape index (κ3) is 3.18. The van der Waals surface area contributed by atoms with Crippen LogP contribution in [0.2, 0.25) is 0 Å². The minimum absolute atomic E-state index is 0.00135. The highest BCUT2D eigenvalue weighted by Gasteiger charge is 2.26. The Kier molecular flexibility index (Phi) is 3.81. The van der Waals surface area contributed by atoms with Crippen LogP contribution in [0.5, 0.6) is 0 Å². The SMILES string of the molecule is Cc1ccc(N2CCC(C(=O)Nc3ccon3)CC2)nn1. The Morgan fingerprint density at radius 3 is 2.71 bits per heavy atom. The summed E-state index contributed by atoms with van der Waals surface area (Å²) in [5.74, 6) is 1.33. The molecule has 3 rings (SSSR count). The number of aromatic nitrogens is 3. The third-order valence-corrected chi connectivity index (χ3v) is 3.66. The largest absolute Gasteiger partial charge is 0.363 e. The van der Waals surface area contributed by atoms with E-state index in [0.29, 0.717) is 5.82 Å². The predicted octanol–water partition coefficient (Wildman–Crippen LogP) is 1.63. The van der Waals surface area contributed by atoms with Gasteiger partial charge in [-0.2, -0.15) is 5.10 Å². The van der Waals surface area contributed by atoms with E-state index < -0.39 is 0 Å². The van der Waals surface area contributed by atoms with E-state index in [1.54, 1.807) is 6.07 Å². The molecule has 0 aromatic carbocycles. The molecule has 7 heteroatoms. The summed E-state index contributed by atoms with van der Waals surface area (Å²) in [7, 11) is 0. The van der Waals surface area contributed by atoms with Crippen LogP contribution in [0, 0.1) is 12.8 Å². The summed E-state index contributed by atoms with van der Waals surface area (Å²) >= 11 is 0. The standard InChI is InChI=1S/C14H17N5O2/c1-10-2-3-13(17-16-10)19-7-4-11(5-8-19)14(20)15-12-6-9-21-18-12/h2-3,6,9,11H,4-5,7-8H2,1H3,(H,15,18,20). The lowest BCUT2D eigenvalue weighted by Gasteiger charge is -2.31. The average Bonchev–Trinajstić information content (AvgIpc) is 3.01. The lowest BCUT2D eigenvalue weighted by atomic mass is 9.96. The molecule has 0 spiro atoms. The Bertz CT molecular complexity index is 588. The fourth-order valence-corrected chi connectivity index (χ4v) is 2.44. The molecule has 110 valence electrons. The van der Waals surface area contributed by atoms with Crippen LogP contribution in [0.4, 0.5) is 11.6 Å². The number of hydrogen-bond donors (Lipinski definition) is 1. The average molecular weight is 287 g/mol. The van der Waals surface area contributed by atoms with Crippen molar-refractivity contribution >= 4 is 17.5 Å². The molecule has 0 bridgehead atoms. The molecular formula is C14H17N5O2. The Balaban J connectivity index is 1.55. The second kappa shape index (κ2) is 5.90. The molecule has 0 unspecified atom stereocenters. The van der Waals surface area contributed by atoms with E-state index >= 15 is 0 Å². The van der Waals surface area contributed by atoms with Gasteiger partial charge in [0.25, 0.3) is 0 Å². The molecule has 1 aliphatic heterocycles. The van der Waals surface area contributed by atoms with Crippen LogP contribution in [0.3, 0.4) is 0 Å². The lowest BCUT2D eigenvalue weighted by molar-refractivity contribution is -0.120. The van der Waals surface area contributed by atoms with E-state index in [4.69, 9.17) is 4.52 Å². The molecule has 0 atom stereocenters. The van der Waals surface area contributed by atoms with Crippen LogP contribution in [0.15, 0.2) is 29.0 Å². The Labute approximate surface area is 122 Å². The molecule has 2 aromatic heterocycles. The number of anilines is 2. The molecule has 1 amide bonds. The van der Waals surface area contributed by atoms with Gasteiger partial charge in [0.1, 0.15) is 6.26 Å². The van der Waals surface area contributed by atoms with E-state index in [9.17, 15) is 4.79 Å². The van der Waals surface area contributed by atoms with E-state index in [0.717, 1.165) is 37.4 Å². The number of carbonyl (C=O) groups excluding carboxylic acids is 1. The number of rotatable bonds is 3. The molecule has 7 nitrogen and oxygen atoms in total. The van der Waals surface area contributed by atoms with Crippen molar-refractivity contribution in [3.05, 3.63) is 30.2 Å². The summed E-state index contributed by atoms with van der Waals surface area (Å²) < 4.78 is 4.70. The Morgan fingerprint density at radius 1 is 1.29 bits per heavy atom. The van der Waals surface area contributed by atoms with Gasteiger partial charge in [-0.25, -0.2) is 0 Å². The van der Waals surface area contributed by atoms with Crippen molar-refractivity contribution in [3.8, 4) is 0 Å². The highest BCUT2D eigenvalue weighted by Crippen LogP contribution is 2.22. The molecule has 21 heavy (non-hydrogen) atoms. The number of aryl methyl sites for hydroxylation is 1. The molecule has 1 fully saturated rings. The Hall–Kier alpha value is -2.44. The summed E-state index contributed by atoms with van der Waals surface area (Å²) in [6.07, 6.45) is 3.02. The van der Waals surface area contributed by atoms with Crippen molar-refractivity contribution in [3.63, 3.8) is 0 Å². The van der Waals surface area contributed by atoms with Crippen molar-refractivity contribution in [2.75, 3.05) is 23.3 Å². The number of nitrogens with zero attached hydrogens (tertiary/aromatic N) is 4. The predicted molar refractivity (Wildman–Crippen MR) is 76.8 cm³/mol. The number of hydrogen-bond acceptors (Lipinski definition) is 6. The van der Waals surface area contributed by atoms with Gasteiger partial charge in [-0.1, -0.05) is 5.16 Å². The smallest absolute Gasteiger partial charge is 0.228 e. The monoisotopic (exact) mass is 287 g/mol. The first-order chi connectivity index (χ1) is 10.2. The zero-order chi connectivity index (χ0) is 14.7. The van der Waals surface area contributed by atoms with Crippen LogP contribution >= 0.6 is 0 Å². The summed E-state index contributed by atoms with van der Waals surface area (Å²) in [4.78, 5) is 14.3. The third-order valence-electron chi connectivity index (χ3n) is 3.66. The number of nitrogens with one attached hydrogen (secondary N) is 1. The van der Waals surface area contributed by atoms with Gasteiger partial charge < -0.3 is 14.7 Å². The second-order valence-electron chi connectivity index (χ2n) is 5.17. The normalized spacial score (nSPS) is 16.0. The first-order valence-corrected chi connectivity index (χ1v) is 6.99. The first kappa shape index (κ1) is 13.5. The first-order valence-electron chi connectivity index (χ1n) is 6.99. The molecule has 1 aliphatic rings. The van der Waals surface area contributed by atoms with Crippen LogP contribution in [0.25, 0.3) is 0 Å². The van der Waals surface area contributed by atoms with E-state index in [1.165, 1.54) is 6.26 Å². The maximum atomic E-state index is 12.1. The summed E-state index contributed by atoms with van der Waals surface area (Å²) in [5.41, 5.74) is 0.903. The van der Waals surface area contributed by atoms with Crippen molar-refractivity contribution in [1.82, 2.24) is 15.4 Å². The molecule has 0 aliphatic carbocycles. The zero-order valence-corrected chi connectivity index (χ0v) is 11.8. The second-order valence-corrected chi connectivity index (χ2v) is 5.17. The fraction of sp³-hybridized carbons (Fsp3) is 0.429. The van der Waals surface area contributed by atoms with Crippen molar-refractivity contribution in [2.45, 2.75) is 19.8 Å². The number of carbonyl (C=O) groups is 1. The van der Waals surface area contributed by atoms with Gasteiger partial charge in [-0.15, -0.1) is 5.10 Å². The highest BCUT2D eigenvalue weighted by atomic mass is 16.5. The van der Waals surface area contributed by atoms with Crippen molar-refractivity contribution < 1.29 is 9.32 Å². The molecule has 0 saturated carbocycles. The molecule has 2 aromatic rings. The van der Waals surface area contributed by atoms with E-state index in [2.05, 4.69) is 25.6 Å². The highest BCUT2D eigenvalue weighted by molar-refractivity contribution is 5.91. The minimum Gasteiger partial charge on any atom is -0.363 e. The summed E-state index contributed by atoms with van der Waals surface area (Å²) in [6, 6.07) is 5.55. The van der Waals surface area contributed by atoms with Gasteiger partial charge in [0, 0.05) is 25.1 Å². The van der Waals surface area contributed by atoms with Crippen LogP contribution in [0.1, 0.15) is 18.5 Å². The van der Waals surface area contributed by atoms with Gasteiger partial charge >= 0.3 is 0 Å². The van der Waals surface area contributed by atoms with Gasteiger partial charge in [0.2, 0.25) is 5.91 Å². The van der Waals surface area contributed by atoms with Gasteiger partial charge in [-0.05, 0) is 31.9 Å². The van der Waals surface area contributed by atoms with Crippen LogP contribution in [-0.4, -0.2) is 34.4 Å². The van der Waals surface area contributed by atoms with Crippen molar-refractivity contribution in [1.29, 1.82) is 0 Å². The molecular weight excluding hydrogens is 270 g/mol. The maximum absolute atomic E-state index is 12.1. The molecule has 0 radical (unpaired) electrons. The van der Waals surface area contributed by atoms with Gasteiger partial charge in [0.05, 0.1) is 5.69 Å². The zero-order valence-electron chi connectivity index (χ0n) is 11.8. The molecule has 1 N–H and O–H groups in total. The van der Waals surface area contributed by atoms with Crippen molar-refractivity contribution in [2.24, 2.45) is 5.92 Å². The lowest BCUT2D eigenvalue weighted by Crippen LogP contribution is -2.38. The quantitative estimate of drug-likeness (QED) is 0.923. The fourth-order valence-electron chi connectivity index (χ4n) is 2.44. The van der Waals surface area contributed by atoms with Gasteiger partial charge in [0.15, 0.2) is 11.6 Å². The summed E-state index contributed by atoms with van der Waals surface area (Å²) in [6.45, 7) is 3.51. The number of piperidine rings is 1. The summed E-state index contributed by atoms with van der Waals surface area (Å²) in [5, 5.41) is 14.7. The van der Waals surface area contributed by atoms with E-state index in [1.807, 2.05) is 19.1 Å². The Morgan fingerprint density at radius 2 is 2.10 bits per heavy atom.